The molecule has 9 aromatic rings. The van der Waals surface area contributed by atoms with Gasteiger partial charge in [0.05, 0.1) is 11.1 Å². The molecule has 0 aromatic heterocycles. The summed E-state index contributed by atoms with van der Waals surface area (Å²) in [5.74, 6) is 0. The third-order valence-electron chi connectivity index (χ3n) is 13.0. The van der Waals surface area contributed by atoms with Gasteiger partial charge in [-0.1, -0.05) is 208 Å². The van der Waals surface area contributed by atoms with Crippen molar-refractivity contribution in [3.8, 4) is 44.5 Å². The van der Waals surface area contributed by atoms with Crippen LogP contribution in [0.1, 0.15) is 47.2 Å². The molecule has 0 amide bonds. The first-order chi connectivity index (χ1) is 29.1. The summed E-state index contributed by atoms with van der Waals surface area (Å²) in [4.78, 5) is 2.49. The molecule has 280 valence electrons. The first kappa shape index (κ1) is 35.0. The summed E-state index contributed by atoms with van der Waals surface area (Å²) in [6.07, 6.45) is 0. The minimum absolute atomic E-state index is 0.138. The van der Waals surface area contributed by atoms with Gasteiger partial charge in [-0.3, -0.25) is 0 Å². The predicted octanol–water partition coefficient (Wildman–Crippen LogP) is 15.2. The summed E-state index contributed by atoms with van der Waals surface area (Å²) in [7, 11) is 0. The second-order valence-corrected chi connectivity index (χ2v) is 16.4. The maximum Gasteiger partial charge on any atom is 0.0713 e. The van der Waals surface area contributed by atoms with Crippen LogP contribution in [-0.2, 0) is 10.8 Å². The number of rotatable bonds is 7. The van der Waals surface area contributed by atoms with Crippen LogP contribution in [0.5, 0.6) is 0 Å². The van der Waals surface area contributed by atoms with Crippen LogP contribution < -0.4 is 4.90 Å². The lowest BCUT2D eigenvalue weighted by Crippen LogP contribution is -2.28. The van der Waals surface area contributed by atoms with Crippen molar-refractivity contribution in [1.29, 1.82) is 0 Å². The highest BCUT2D eigenvalue weighted by molar-refractivity contribution is 6.04. The molecule has 0 fully saturated rings. The Bertz CT molecular complexity index is 2960. The van der Waals surface area contributed by atoms with E-state index in [9.17, 15) is 0 Å². The quantitative estimate of drug-likeness (QED) is 0.157. The molecule has 11 rings (SSSR count). The predicted molar refractivity (Wildman–Crippen MR) is 247 cm³/mol. The Balaban J connectivity index is 1.23. The Labute approximate surface area is 347 Å². The summed E-state index contributed by atoms with van der Waals surface area (Å²) < 4.78 is 0. The molecule has 2 aliphatic carbocycles. The second-order valence-electron chi connectivity index (χ2n) is 16.4. The van der Waals surface area contributed by atoms with Crippen LogP contribution >= 0.6 is 0 Å². The molecule has 0 atom stereocenters. The number of benzene rings is 9. The Morgan fingerprint density at radius 2 is 0.831 bits per heavy atom. The number of nitrogens with zero attached hydrogens (tertiary/aromatic N) is 1. The van der Waals surface area contributed by atoms with Gasteiger partial charge in [0, 0.05) is 22.4 Å². The van der Waals surface area contributed by atoms with Crippen LogP contribution in [0.15, 0.2) is 224 Å². The van der Waals surface area contributed by atoms with Crippen molar-refractivity contribution in [2.24, 2.45) is 0 Å². The van der Waals surface area contributed by atoms with Crippen LogP contribution in [0.4, 0.5) is 17.1 Å². The van der Waals surface area contributed by atoms with Gasteiger partial charge in [0.1, 0.15) is 0 Å². The lowest BCUT2D eigenvalue weighted by atomic mass is 9.67. The summed E-state index contributed by atoms with van der Waals surface area (Å²) in [6, 6.07) is 83.0. The molecule has 0 bridgehead atoms. The van der Waals surface area contributed by atoms with E-state index >= 15 is 0 Å². The van der Waals surface area contributed by atoms with Gasteiger partial charge in [0.25, 0.3) is 0 Å². The van der Waals surface area contributed by atoms with Crippen LogP contribution in [0.2, 0.25) is 0 Å². The zero-order chi connectivity index (χ0) is 39.6. The highest BCUT2D eigenvalue weighted by Crippen LogP contribution is 2.60. The lowest BCUT2D eigenvalue weighted by molar-refractivity contribution is 0.660. The molecule has 2 aliphatic rings. The van der Waals surface area contributed by atoms with Crippen LogP contribution in [0, 0.1) is 0 Å². The van der Waals surface area contributed by atoms with Gasteiger partial charge >= 0.3 is 0 Å². The molecule has 0 radical (unpaired) electrons. The Morgan fingerprint density at radius 3 is 1.53 bits per heavy atom. The van der Waals surface area contributed by atoms with E-state index in [1.54, 1.807) is 0 Å². The maximum atomic E-state index is 2.49. The average molecular weight is 754 g/mol. The van der Waals surface area contributed by atoms with Gasteiger partial charge in [-0.25, -0.2) is 0 Å². The Kier molecular flexibility index (Phi) is 8.13. The van der Waals surface area contributed by atoms with E-state index in [1.807, 2.05) is 0 Å². The van der Waals surface area contributed by atoms with Crippen LogP contribution in [0.3, 0.4) is 0 Å². The van der Waals surface area contributed by atoms with Crippen molar-refractivity contribution in [2.75, 3.05) is 4.90 Å². The molecule has 0 saturated carbocycles. The molecule has 0 aliphatic heterocycles. The highest BCUT2D eigenvalue weighted by Gasteiger charge is 2.47. The zero-order valence-corrected chi connectivity index (χ0v) is 33.3. The van der Waals surface area contributed by atoms with E-state index in [0.29, 0.717) is 0 Å². The van der Waals surface area contributed by atoms with E-state index in [4.69, 9.17) is 0 Å². The second kappa shape index (κ2) is 13.7. The van der Waals surface area contributed by atoms with E-state index < -0.39 is 5.41 Å². The van der Waals surface area contributed by atoms with E-state index in [2.05, 4.69) is 243 Å². The molecule has 0 unspecified atom stereocenters. The fourth-order valence-corrected chi connectivity index (χ4v) is 10.4. The van der Waals surface area contributed by atoms with Crippen molar-refractivity contribution < 1.29 is 0 Å². The van der Waals surface area contributed by atoms with Crippen molar-refractivity contribution in [3.05, 3.63) is 258 Å². The van der Waals surface area contributed by atoms with Crippen molar-refractivity contribution in [2.45, 2.75) is 24.7 Å². The fraction of sp³-hybridized carbons (Fsp3) is 0.0690. The molecule has 59 heavy (non-hydrogen) atoms. The molecule has 0 spiro atoms. The highest BCUT2D eigenvalue weighted by atomic mass is 15.1. The average Bonchev–Trinajstić information content (AvgIpc) is 3.73. The standard InChI is InChI=1S/C58H43N/c1-57(2)50-33-17-15-29-46(50)47-38-37-44(39-53(47)57)59(43-27-13-6-14-28-43)54-36-20-31-45(40-21-7-3-8-22-40)56(54)49-32-19-35-52-55(49)48-30-16-18-34-51(48)58(52,41-23-9-4-10-24-41)42-25-11-5-12-26-42/h3-39H,1-2H3. The SMILES string of the molecule is CC1(C)c2ccccc2-c2ccc(N(c3ccccc3)c3cccc(-c4ccccc4)c3-c3cccc4c3-c3ccccc3C4(c3ccccc3)c3ccccc3)cc21. The van der Waals surface area contributed by atoms with Gasteiger partial charge in [-0.2, -0.15) is 0 Å². The third-order valence-corrected chi connectivity index (χ3v) is 13.0. The number of hydrogen-bond acceptors (Lipinski definition) is 1. The molecular weight excluding hydrogens is 711 g/mol. The zero-order valence-electron chi connectivity index (χ0n) is 33.3. The van der Waals surface area contributed by atoms with Gasteiger partial charge in [0.2, 0.25) is 0 Å². The monoisotopic (exact) mass is 753 g/mol. The number of para-hydroxylation sites is 1. The lowest BCUT2D eigenvalue weighted by Gasteiger charge is -2.34. The number of anilines is 3. The fourth-order valence-electron chi connectivity index (χ4n) is 10.4. The topological polar surface area (TPSA) is 3.24 Å². The van der Waals surface area contributed by atoms with E-state index in [1.165, 1.54) is 77.9 Å². The van der Waals surface area contributed by atoms with Gasteiger partial charge in [-0.05, 0) is 103 Å². The van der Waals surface area contributed by atoms with E-state index in [0.717, 1.165) is 17.1 Å². The molecular formula is C58H43N. The van der Waals surface area contributed by atoms with Crippen molar-refractivity contribution >= 4 is 17.1 Å². The summed E-state index contributed by atoms with van der Waals surface area (Å²) in [6.45, 7) is 4.73. The third kappa shape index (κ3) is 5.25. The molecule has 1 heteroatoms. The molecule has 0 saturated heterocycles. The van der Waals surface area contributed by atoms with Gasteiger partial charge in [0.15, 0.2) is 0 Å². The van der Waals surface area contributed by atoms with Crippen molar-refractivity contribution in [1.82, 2.24) is 0 Å². The summed E-state index contributed by atoms with van der Waals surface area (Å²) in [5.41, 5.74) is 20.6. The minimum Gasteiger partial charge on any atom is -0.310 e. The molecule has 0 N–H and O–H groups in total. The largest absolute Gasteiger partial charge is 0.310 e. The van der Waals surface area contributed by atoms with Crippen molar-refractivity contribution in [3.63, 3.8) is 0 Å². The first-order valence-electron chi connectivity index (χ1n) is 20.7. The van der Waals surface area contributed by atoms with Gasteiger partial charge in [-0.15, -0.1) is 0 Å². The normalized spacial score (nSPS) is 13.9. The Morgan fingerprint density at radius 1 is 0.322 bits per heavy atom. The number of fused-ring (bicyclic) bond motifs is 6. The summed E-state index contributed by atoms with van der Waals surface area (Å²) >= 11 is 0. The molecule has 9 aromatic carbocycles. The Hall–Kier alpha value is -7.22. The van der Waals surface area contributed by atoms with Crippen LogP contribution in [-0.4, -0.2) is 0 Å². The minimum atomic E-state index is -0.508. The number of hydrogen-bond donors (Lipinski definition) is 0. The van der Waals surface area contributed by atoms with E-state index in [-0.39, 0.29) is 5.41 Å². The summed E-state index contributed by atoms with van der Waals surface area (Å²) in [5, 5.41) is 0. The van der Waals surface area contributed by atoms with Crippen LogP contribution in [0.25, 0.3) is 44.5 Å². The smallest absolute Gasteiger partial charge is 0.0713 e. The van der Waals surface area contributed by atoms with Gasteiger partial charge < -0.3 is 4.90 Å². The molecule has 0 heterocycles. The molecule has 1 nitrogen and oxygen atoms in total. The first-order valence-corrected chi connectivity index (χ1v) is 20.7. The maximum absolute atomic E-state index is 2.49.